The summed E-state index contributed by atoms with van der Waals surface area (Å²) < 4.78 is 0. The largest absolute Gasteiger partial charge is 0.383 e. The van der Waals surface area contributed by atoms with Gasteiger partial charge in [-0.15, -0.1) is 0 Å². The molecule has 0 aliphatic carbocycles. The molecule has 0 aromatic carbocycles. The molecular formula is C6H12N2O3. The van der Waals surface area contributed by atoms with Crippen LogP contribution < -0.4 is 10.6 Å². The third-order valence-corrected chi connectivity index (χ3v) is 1.21. The summed E-state index contributed by atoms with van der Waals surface area (Å²) in [5, 5.41) is 13.5. The summed E-state index contributed by atoms with van der Waals surface area (Å²) in [5.74, 6) is -0.908. The predicted octanol–water partition coefficient (Wildman–Crippen LogP) is -1.77. The minimum absolute atomic E-state index is 0.198. The van der Waals surface area contributed by atoms with E-state index < -0.39 is 12.0 Å². The summed E-state index contributed by atoms with van der Waals surface area (Å²) in [5.41, 5.74) is 0. The molecule has 0 rings (SSSR count). The lowest BCUT2D eigenvalue weighted by Gasteiger charge is -2.06. The van der Waals surface area contributed by atoms with Crippen molar-refractivity contribution in [2.75, 3.05) is 14.1 Å². The Morgan fingerprint density at radius 1 is 1.36 bits per heavy atom. The number of carbonyl (C=O) groups is 2. The van der Waals surface area contributed by atoms with E-state index in [9.17, 15) is 9.59 Å². The smallest absolute Gasteiger partial charge is 0.249 e. The first-order valence-corrected chi connectivity index (χ1v) is 3.22. The molecule has 1 unspecified atom stereocenters. The average molecular weight is 160 g/mol. The molecule has 0 aliphatic heterocycles. The van der Waals surface area contributed by atoms with E-state index in [2.05, 4.69) is 10.6 Å². The van der Waals surface area contributed by atoms with Gasteiger partial charge in [0.05, 0.1) is 6.42 Å². The lowest BCUT2D eigenvalue weighted by Crippen LogP contribution is -2.35. The second-order valence-corrected chi connectivity index (χ2v) is 2.01. The van der Waals surface area contributed by atoms with Gasteiger partial charge in [-0.05, 0) is 0 Å². The van der Waals surface area contributed by atoms with Gasteiger partial charge in [-0.1, -0.05) is 0 Å². The minimum atomic E-state index is -1.25. The second-order valence-electron chi connectivity index (χ2n) is 2.01. The molecule has 0 bridgehead atoms. The molecule has 11 heavy (non-hydrogen) atoms. The first-order chi connectivity index (χ1) is 5.11. The van der Waals surface area contributed by atoms with Crippen molar-refractivity contribution in [3.63, 3.8) is 0 Å². The Kier molecular flexibility index (Phi) is 4.21. The zero-order chi connectivity index (χ0) is 8.85. The molecule has 1 atom stereocenters. The van der Waals surface area contributed by atoms with E-state index in [1.807, 2.05) is 0 Å². The van der Waals surface area contributed by atoms with Crippen LogP contribution >= 0.6 is 0 Å². The Morgan fingerprint density at radius 2 is 1.91 bits per heavy atom. The first-order valence-electron chi connectivity index (χ1n) is 3.22. The highest BCUT2D eigenvalue weighted by molar-refractivity contribution is 5.86. The van der Waals surface area contributed by atoms with E-state index in [1.165, 1.54) is 14.1 Å². The fourth-order valence-electron chi connectivity index (χ4n) is 0.537. The first kappa shape index (κ1) is 9.90. The Labute approximate surface area is 64.8 Å². The Balaban J connectivity index is 3.77. The Hall–Kier alpha value is -1.10. The normalized spacial score (nSPS) is 11.9. The number of hydrogen-bond acceptors (Lipinski definition) is 3. The fourth-order valence-corrected chi connectivity index (χ4v) is 0.537. The van der Waals surface area contributed by atoms with Gasteiger partial charge in [0.15, 0.2) is 0 Å². The molecule has 0 radical (unpaired) electrons. The number of likely N-dealkylation sites (N-methyl/N-ethyl adjacent to an activating group) is 1. The Bertz CT molecular complexity index is 158. The van der Waals surface area contributed by atoms with Crippen LogP contribution in [0.3, 0.4) is 0 Å². The van der Waals surface area contributed by atoms with Crippen LogP contribution in [0.1, 0.15) is 6.42 Å². The zero-order valence-electron chi connectivity index (χ0n) is 6.55. The van der Waals surface area contributed by atoms with Crippen molar-refractivity contribution in [1.82, 2.24) is 10.6 Å². The second kappa shape index (κ2) is 4.68. The quantitative estimate of drug-likeness (QED) is 0.457. The molecule has 0 saturated carbocycles. The van der Waals surface area contributed by atoms with Crippen LogP contribution in [0.4, 0.5) is 0 Å². The molecule has 5 nitrogen and oxygen atoms in total. The lowest BCUT2D eigenvalue weighted by atomic mass is 10.2. The third-order valence-electron chi connectivity index (χ3n) is 1.21. The zero-order valence-corrected chi connectivity index (χ0v) is 6.55. The van der Waals surface area contributed by atoms with Crippen LogP contribution in [0.5, 0.6) is 0 Å². The van der Waals surface area contributed by atoms with E-state index in [4.69, 9.17) is 5.11 Å². The molecule has 0 aromatic heterocycles. The summed E-state index contributed by atoms with van der Waals surface area (Å²) in [6.07, 6.45) is -1.45. The van der Waals surface area contributed by atoms with Crippen molar-refractivity contribution in [2.45, 2.75) is 12.5 Å². The molecule has 0 saturated heterocycles. The van der Waals surface area contributed by atoms with Crippen molar-refractivity contribution in [2.24, 2.45) is 0 Å². The predicted molar refractivity (Wildman–Crippen MR) is 38.8 cm³/mol. The van der Waals surface area contributed by atoms with Gasteiger partial charge in [-0.3, -0.25) is 9.59 Å². The van der Waals surface area contributed by atoms with Crippen LogP contribution in [0, 0.1) is 0 Å². The van der Waals surface area contributed by atoms with Crippen LogP contribution in [0.15, 0.2) is 0 Å². The van der Waals surface area contributed by atoms with Gasteiger partial charge in [-0.25, -0.2) is 0 Å². The highest BCUT2D eigenvalue weighted by atomic mass is 16.3. The maximum absolute atomic E-state index is 10.6. The van der Waals surface area contributed by atoms with Crippen molar-refractivity contribution >= 4 is 11.8 Å². The van der Waals surface area contributed by atoms with E-state index >= 15 is 0 Å². The highest BCUT2D eigenvalue weighted by Crippen LogP contribution is 1.89. The summed E-state index contributed by atoms with van der Waals surface area (Å²) in [6.45, 7) is 0. The summed E-state index contributed by atoms with van der Waals surface area (Å²) in [7, 11) is 2.84. The number of hydrogen-bond donors (Lipinski definition) is 3. The van der Waals surface area contributed by atoms with E-state index in [1.54, 1.807) is 0 Å². The van der Waals surface area contributed by atoms with Crippen LogP contribution in [-0.4, -0.2) is 37.1 Å². The molecule has 0 heterocycles. The standard InChI is InChI=1S/C6H12N2O3/c1-7-5(10)3-4(9)6(11)8-2/h4,9H,3H2,1-2H3,(H,7,10)(H,8,11). The molecular weight excluding hydrogens is 148 g/mol. The molecule has 0 aliphatic rings. The summed E-state index contributed by atoms with van der Waals surface area (Å²) >= 11 is 0. The monoisotopic (exact) mass is 160 g/mol. The third kappa shape index (κ3) is 3.57. The average Bonchev–Trinajstić information content (AvgIpc) is 2.02. The number of aliphatic hydroxyl groups excluding tert-OH is 1. The van der Waals surface area contributed by atoms with Gasteiger partial charge < -0.3 is 15.7 Å². The summed E-state index contributed by atoms with van der Waals surface area (Å²) in [4.78, 5) is 21.2. The van der Waals surface area contributed by atoms with Crippen molar-refractivity contribution in [1.29, 1.82) is 0 Å². The number of amides is 2. The number of aliphatic hydroxyl groups is 1. The van der Waals surface area contributed by atoms with Gasteiger partial charge in [0.25, 0.3) is 0 Å². The van der Waals surface area contributed by atoms with E-state index in [0.29, 0.717) is 0 Å². The van der Waals surface area contributed by atoms with Gasteiger partial charge >= 0.3 is 0 Å². The SMILES string of the molecule is CNC(=O)CC(O)C(=O)NC. The molecule has 0 fully saturated rings. The molecule has 2 amide bonds. The van der Waals surface area contributed by atoms with Gasteiger partial charge in [-0.2, -0.15) is 0 Å². The van der Waals surface area contributed by atoms with E-state index in [0.717, 1.165) is 0 Å². The molecule has 64 valence electrons. The van der Waals surface area contributed by atoms with Crippen LogP contribution in [0.2, 0.25) is 0 Å². The van der Waals surface area contributed by atoms with Gasteiger partial charge in [0.1, 0.15) is 6.10 Å². The maximum atomic E-state index is 10.6. The number of rotatable bonds is 3. The fraction of sp³-hybridized carbons (Fsp3) is 0.667. The Morgan fingerprint density at radius 3 is 2.27 bits per heavy atom. The topological polar surface area (TPSA) is 78.4 Å². The van der Waals surface area contributed by atoms with Crippen molar-refractivity contribution < 1.29 is 14.7 Å². The number of nitrogens with one attached hydrogen (secondary N) is 2. The van der Waals surface area contributed by atoms with Crippen LogP contribution in [0.25, 0.3) is 0 Å². The minimum Gasteiger partial charge on any atom is -0.383 e. The van der Waals surface area contributed by atoms with Gasteiger partial charge in [0, 0.05) is 14.1 Å². The van der Waals surface area contributed by atoms with Crippen molar-refractivity contribution in [3.8, 4) is 0 Å². The molecule has 0 aromatic rings. The molecule has 5 heteroatoms. The lowest BCUT2D eigenvalue weighted by molar-refractivity contribution is -0.134. The maximum Gasteiger partial charge on any atom is 0.249 e. The van der Waals surface area contributed by atoms with Crippen LogP contribution in [-0.2, 0) is 9.59 Å². The highest BCUT2D eigenvalue weighted by Gasteiger charge is 2.15. The number of carbonyl (C=O) groups excluding carboxylic acids is 2. The molecule has 0 spiro atoms. The molecule has 3 N–H and O–H groups in total. The van der Waals surface area contributed by atoms with E-state index in [-0.39, 0.29) is 12.3 Å². The van der Waals surface area contributed by atoms with Crippen molar-refractivity contribution in [3.05, 3.63) is 0 Å². The summed E-state index contributed by atoms with van der Waals surface area (Å²) in [6, 6.07) is 0. The van der Waals surface area contributed by atoms with Gasteiger partial charge in [0.2, 0.25) is 11.8 Å².